The second-order valence-electron chi connectivity index (χ2n) is 13.7. The van der Waals surface area contributed by atoms with E-state index in [-0.39, 0.29) is 0 Å². The third-order valence-electron chi connectivity index (χ3n) is 10.3. The van der Waals surface area contributed by atoms with Gasteiger partial charge in [0.05, 0.1) is 0 Å². The number of fused-ring (bicyclic) bond motifs is 3. The van der Waals surface area contributed by atoms with E-state index in [1.807, 2.05) is 6.07 Å². The number of nitrogens with zero attached hydrogens (tertiary/aromatic N) is 3. The molecule has 0 unspecified atom stereocenters. The Hall–Kier alpha value is -7.23. The molecule has 0 saturated heterocycles. The SMILES string of the molecule is c1ccc(-c2ccc3cc(-c4nc(-c5cccc(-c6ccc(-c7cccc8ccccc78)cc6)c5)nc(-c5cccc6ccccc56)n4)ccc3c2)cc1. The van der Waals surface area contributed by atoms with Crippen LogP contribution < -0.4 is 0 Å². The van der Waals surface area contributed by atoms with Crippen LogP contribution in [0.15, 0.2) is 200 Å². The first kappa shape index (κ1) is 31.5. The molecule has 1 heterocycles. The molecule has 0 spiro atoms. The molecule has 1 aromatic heterocycles. The highest BCUT2D eigenvalue weighted by atomic mass is 15.0. The van der Waals surface area contributed by atoms with Crippen LogP contribution >= 0.6 is 0 Å². The van der Waals surface area contributed by atoms with Crippen LogP contribution in [0.25, 0.3) is 99.9 Å². The van der Waals surface area contributed by atoms with Crippen LogP contribution in [0.5, 0.6) is 0 Å². The summed E-state index contributed by atoms with van der Waals surface area (Å²) in [5.74, 6) is 1.93. The van der Waals surface area contributed by atoms with Gasteiger partial charge in [-0.15, -0.1) is 0 Å². The van der Waals surface area contributed by atoms with E-state index in [1.54, 1.807) is 0 Å². The number of hydrogen-bond acceptors (Lipinski definition) is 3. The summed E-state index contributed by atoms with van der Waals surface area (Å²) in [5, 5.41) is 7.05. The predicted molar refractivity (Wildman–Crippen MR) is 225 cm³/mol. The first-order valence-electron chi connectivity index (χ1n) is 18.3. The molecular formula is C51H33N3. The van der Waals surface area contributed by atoms with Crippen molar-refractivity contribution in [3.05, 3.63) is 200 Å². The summed E-state index contributed by atoms with van der Waals surface area (Å²) < 4.78 is 0. The Kier molecular flexibility index (Phi) is 7.81. The summed E-state index contributed by atoms with van der Waals surface area (Å²) in [4.78, 5) is 15.4. The molecule has 10 rings (SSSR count). The van der Waals surface area contributed by atoms with Gasteiger partial charge in [0.2, 0.25) is 0 Å². The van der Waals surface area contributed by atoms with Crippen LogP contribution in [-0.4, -0.2) is 15.0 Å². The summed E-state index contributed by atoms with van der Waals surface area (Å²) in [6.07, 6.45) is 0. The number of benzene rings is 9. The smallest absolute Gasteiger partial charge is 0.164 e. The van der Waals surface area contributed by atoms with Crippen molar-refractivity contribution in [2.75, 3.05) is 0 Å². The fourth-order valence-electron chi connectivity index (χ4n) is 7.53. The molecule has 9 aromatic carbocycles. The van der Waals surface area contributed by atoms with Gasteiger partial charge < -0.3 is 0 Å². The highest BCUT2D eigenvalue weighted by molar-refractivity contribution is 5.98. The van der Waals surface area contributed by atoms with E-state index >= 15 is 0 Å². The molecule has 0 saturated carbocycles. The standard InChI is InChI=1S/C51H33N3/c1-2-11-34(12-3-1)40-27-28-42-33-44(30-29-41(42)31-40)50-52-49(53-51(54-50)48-22-10-16-37-14-5-7-20-47(37)48)43-18-8-17-39(32-43)35-23-25-38(26-24-35)46-21-9-15-36-13-4-6-19-45(36)46/h1-33H. The molecular weight excluding hydrogens is 655 g/mol. The van der Waals surface area contributed by atoms with Crippen LogP contribution in [0.1, 0.15) is 0 Å². The van der Waals surface area contributed by atoms with Gasteiger partial charge >= 0.3 is 0 Å². The maximum atomic E-state index is 5.15. The molecule has 0 amide bonds. The topological polar surface area (TPSA) is 38.7 Å². The zero-order valence-corrected chi connectivity index (χ0v) is 29.4. The van der Waals surface area contributed by atoms with Gasteiger partial charge in [-0.05, 0) is 83.9 Å². The van der Waals surface area contributed by atoms with E-state index in [4.69, 9.17) is 15.0 Å². The minimum atomic E-state index is 0.636. The van der Waals surface area contributed by atoms with Crippen molar-refractivity contribution < 1.29 is 0 Å². The molecule has 0 radical (unpaired) electrons. The van der Waals surface area contributed by atoms with Crippen LogP contribution in [0.3, 0.4) is 0 Å². The lowest BCUT2D eigenvalue weighted by Gasteiger charge is -2.12. The maximum absolute atomic E-state index is 5.15. The third-order valence-corrected chi connectivity index (χ3v) is 10.3. The van der Waals surface area contributed by atoms with Gasteiger partial charge in [-0.2, -0.15) is 0 Å². The zero-order chi connectivity index (χ0) is 35.8. The Morgan fingerprint density at radius 2 is 0.648 bits per heavy atom. The maximum Gasteiger partial charge on any atom is 0.164 e. The average Bonchev–Trinajstić information content (AvgIpc) is 3.26. The largest absolute Gasteiger partial charge is 0.208 e. The Labute approximate surface area is 313 Å². The molecule has 0 aliphatic heterocycles. The number of aromatic nitrogens is 3. The molecule has 0 fully saturated rings. The summed E-state index contributed by atoms with van der Waals surface area (Å²) in [6.45, 7) is 0. The minimum absolute atomic E-state index is 0.636. The second kappa shape index (κ2) is 13.4. The fraction of sp³-hybridized carbons (Fsp3) is 0. The Morgan fingerprint density at radius 1 is 0.222 bits per heavy atom. The molecule has 252 valence electrons. The van der Waals surface area contributed by atoms with Gasteiger partial charge in [-0.3, -0.25) is 0 Å². The van der Waals surface area contributed by atoms with Crippen molar-refractivity contribution in [2.45, 2.75) is 0 Å². The van der Waals surface area contributed by atoms with Crippen molar-refractivity contribution in [1.29, 1.82) is 0 Å². The van der Waals surface area contributed by atoms with E-state index in [0.29, 0.717) is 17.5 Å². The summed E-state index contributed by atoms with van der Waals surface area (Å²) in [6, 6.07) is 70.7. The van der Waals surface area contributed by atoms with E-state index in [2.05, 4.69) is 194 Å². The van der Waals surface area contributed by atoms with Crippen LogP contribution in [-0.2, 0) is 0 Å². The number of rotatable bonds is 6. The van der Waals surface area contributed by atoms with Gasteiger partial charge in [-0.25, -0.2) is 15.0 Å². The highest BCUT2D eigenvalue weighted by Crippen LogP contribution is 2.34. The molecule has 54 heavy (non-hydrogen) atoms. The zero-order valence-electron chi connectivity index (χ0n) is 29.4. The lowest BCUT2D eigenvalue weighted by atomic mass is 9.96. The van der Waals surface area contributed by atoms with Gasteiger partial charge in [0.1, 0.15) is 0 Å². The third kappa shape index (κ3) is 5.88. The van der Waals surface area contributed by atoms with E-state index < -0.39 is 0 Å². The van der Waals surface area contributed by atoms with Crippen molar-refractivity contribution >= 4 is 32.3 Å². The molecule has 3 nitrogen and oxygen atoms in total. The number of hydrogen-bond donors (Lipinski definition) is 0. The predicted octanol–water partition coefficient (Wildman–Crippen LogP) is 13.3. The van der Waals surface area contributed by atoms with Gasteiger partial charge in [0, 0.05) is 16.7 Å². The van der Waals surface area contributed by atoms with E-state index in [1.165, 1.54) is 38.4 Å². The normalized spacial score (nSPS) is 11.3. The molecule has 0 N–H and O–H groups in total. The Bertz CT molecular complexity index is 2970. The Balaban J connectivity index is 1.07. The molecule has 0 bridgehead atoms. The van der Waals surface area contributed by atoms with Crippen molar-refractivity contribution in [1.82, 2.24) is 15.0 Å². The summed E-state index contributed by atoms with van der Waals surface area (Å²) in [7, 11) is 0. The lowest BCUT2D eigenvalue weighted by Crippen LogP contribution is -2.00. The first-order valence-corrected chi connectivity index (χ1v) is 18.3. The average molecular weight is 688 g/mol. The van der Waals surface area contributed by atoms with Crippen molar-refractivity contribution in [3.63, 3.8) is 0 Å². The van der Waals surface area contributed by atoms with E-state index in [0.717, 1.165) is 44.0 Å². The van der Waals surface area contributed by atoms with Crippen molar-refractivity contribution in [3.8, 4) is 67.5 Å². The van der Waals surface area contributed by atoms with Crippen LogP contribution in [0.2, 0.25) is 0 Å². The molecule has 10 aromatic rings. The highest BCUT2D eigenvalue weighted by Gasteiger charge is 2.16. The van der Waals surface area contributed by atoms with Gasteiger partial charge in [0.25, 0.3) is 0 Å². The quantitative estimate of drug-likeness (QED) is 0.175. The molecule has 0 aliphatic carbocycles. The van der Waals surface area contributed by atoms with Gasteiger partial charge in [-0.1, -0.05) is 182 Å². The first-order chi connectivity index (χ1) is 26.7. The second-order valence-corrected chi connectivity index (χ2v) is 13.7. The van der Waals surface area contributed by atoms with Gasteiger partial charge in [0.15, 0.2) is 17.5 Å². The summed E-state index contributed by atoms with van der Waals surface area (Å²) >= 11 is 0. The Morgan fingerprint density at radius 3 is 1.37 bits per heavy atom. The lowest BCUT2D eigenvalue weighted by molar-refractivity contribution is 1.08. The molecule has 0 aliphatic rings. The van der Waals surface area contributed by atoms with Crippen LogP contribution in [0, 0.1) is 0 Å². The summed E-state index contributed by atoms with van der Waals surface area (Å²) in [5.41, 5.74) is 9.92. The molecule has 0 atom stereocenters. The van der Waals surface area contributed by atoms with Crippen molar-refractivity contribution in [2.24, 2.45) is 0 Å². The van der Waals surface area contributed by atoms with Crippen LogP contribution in [0.4, 0.5) is 0 Å². The van der Waals surface area contributed by atoms with E-state index in [9.17, 15) is 0 Å². The monoisotopic (exact) mass is 687 g/mol. The molecule has 3 heteroatoms. The fourth-order valence-corrected chi connectivity index (χ4v) is 7.53. The minimum Gasteiger partial charge on any atom is -0.208 e.